The van der Waals surface area contributed by atoms with Crippen LogP contribution in [0.4, 0.5) is 0 Å². The number of hydrogen-bond acceptors (Lipinski definition) is 0. The second-order valence-electron chi connectivity index (χ2n) is 0.469. The fourth-order valence-corrected chi connectivity index (χ4v) is 0.245. The zero-order valence-corrected chi connectivity index (χ0v) is 4.46. The Morgan fingerprint density at radius 1 is 2.20 bits per heavy atom. The minimum atomic E-state index is -1.50. The molecule has 0 spiro atoms. The van der Waals surface area contributed by atoms with Crippen molar-refractivity contribution in [3.8, 4) is 11.8 Å². The molecule has 0 aliphatic rings. The molecule has 0 heterocycles. The van der Waals surface area contributed by atoms with Crippen LogP contribution in [-0.4, -0.2) is 5.28 Å². The third-order valence-electron chi connectivity index (χ3n) is 0.172. The van der Waals surface area contributed by atoms with Crippen LogP contribution < -0.4 is 0 Å². The van der Waals surface area contributed by atoms with E-state index in [2.05, 4.69) is 27.8 Å². The Morgan fingerprint density at radius 2 is 2.80 bits per heavy atom. The number of hydrogen-bond donors (Lipinski definition) is 0. The van der Waals surface area contributed by atoms with Crippen LogP contribution in [0.15, 0.2) is 0 Å². The van der Waals surface area contributed by atoms with Crippen LogP contribution >= 0.6 is 15.9 Å². The average molecular weight is 135 g/mol. The van der Waals surface area contributed by atoms with Gasteiger partial charge in [0.1, 0.15) is 0 Å². The lowest BCUT2D eigenvalue weighted by atomic mass is 10.7. The van der Waals surface area contributed by atoms with Crippen LogP contribution in [0.5, 0.6) is 0 Å². The molecule has 0 aliphatic heterocycles. The highest BCUT2D eigenvalue weighted by Crippen LogP contribution is 1.70. The highest BCUT2D eigenvalue weighted by Gasteiger charge is 1.50. The van der Waals surface area contributed by atoms with Gasteiger partial charge in [0.2, 0.25) is 0 Å². The summed E-state index contributed by atoms with van der Waals surface area (Å²) in [5, 5.41) is -1.50. The number of alkyl halides is 1. The predicted molar refractivity (Wildman–Crippen MR) is 27.2 cm³/mol. The Kier molecular flexibility index (Phi) is 1.82. The molecule has 0 N–H and O–H groups in total. The summed E-state index contributed by atoms with van der Waals surface area (Å²) in [6.07, 6.45) is 0. The molecule has 28 valence electrons. The second-order valence-corrected chi connectivity index (χ2v) is 0.866. The van der Waals surface area contributed by atoms with Gasteiger partial charge in [0.25, 0.3) is 0 Å². The molecule has 1 heteroatoms. The standard InChI is InChI=1S/C4H5Br/c1-2-3-4-5/h4H2,1H3/i4D2. The minimum absolute atomic E-state index is 1.50. The molecule has 0 bridgehead atoms. The Morgan fingerprint density at radius 3 is 2.80 bits per heavy atom. The van der Waals surface area contributed by atoms with Crippen LogP contribution in [0.1, 0.15) is 9.67 Å². The quantitative estimate of drug-likeness (QED) is 0.348. The molecular formula is C4H5Br. The van der Waals surface area contributed by atoms with E-state index in [0.29, 0.717) is 0 Å². The highest BCUT2D eigenvalue weighted by atomic mass is 79.9. The summed E-state index contributed by atoms with van der Waals surface area (Å²) < 4.78 is 13.5. The molecular weight excluding hydrogens is 128 g/mol. The van der Waals surface area contributed by atoms with E-state index < -0.39 is 5.28 Å². The summed E-state index contributed by atoms with van der Waals surface area (Å²) in [6.45, 7) is 1.60. The molecule has 0 saturated carbocycles. The molecule has 0 saturated heterocycles. The first-order valence-corrected chi connectivity index (χ1v) is 1.98. The summed E-state index contributed by atoms with van der Waals surface area (Å²) >= 11 is 2.70. The summed E-state index contributed by atoms with van der Waals surface area (Å²) in [5.41, 5.74) is 0. The van der Waals surface area contributed by atoms with Crippen LogP contribution in [0, 0.1) is 11.8 Å². The molecule has 0 rings (SSSR count). The van der Waals surface area contributed by atoms with Gasteiger partial charge in [-0.05, 0) is 6.92 Å². The van der Waals surface area contributed by atoms with Gasteiger partial charge in [-0.15, -0.1) is 5.92 Å². The third-order valence-corrected chi connectivity index (χ3v) is 0.370. The third kappa shape index (κ3) is 4.04. The summed E-state index contributed by atoms with van der Waals surface area (Å²) in [4.78, 5) is 0. The molecule has 0 radical (unpaired) electrons. The van der Waals surface area contributed by atoms with E-state index in [9.17, 15) is 0 Å². The van der Waals surface area contributed by atoms with Crippen molar-refractivity contribution in [3.05, 3.63) is 0 Å². The molecule has 0 fully saturated rings. The first-order chi connectivity index (χ1) is 3.06. The second kappa shape index (κ2) is 4.04. The van der Waals surface area contributed by atoms with Crippen LogP contribution in [0.2, 0.25) is 0 Å². The Hall–Kier alpha value is 0.0400. The molecule has 0 aromatic heterocycles. The Balaban J connectivity index is 3.72. The molecule has 0 unspecified atom stereocenters. The molecule has 0 aromatic carbocycles. The SMILES string of the molecule is [2H]C([2H])(Br)C#CC. The molecule has 0 aliphatic carbocycles. The lowest BCUT2D eigenvalue weighted by molar-refractivity contribution is 1.86. The van der Waals surface area contributed by atoms with E-state index >= 15 is 0 Å². The predicted octanol–water partition coefficient (Wildman–Crippen LogP) is 1.40. The molecule has 0 aromatic rings. The van der Waals surface area contributed by atoms with Crippen molar-refractivity contribution < 1.29 is 2.74 Å². The summed E-state index contributed by atoms with van der Waals surface area (Å²) in [6, 6.07) is 0. The maximum absolute atomic E-state index is 6.74. The number of rotatable bonds is 0. The molecule has 0 amide bonds. The van der Waals surface area contributed by atoms with Crippen molar-refractivity contribution in [2.75, 3.05) is 5.28 Å². The highest BCUT2D eigenvalue weighted by molar-refractivity contribution is 9.09. The first kappa shape index (κ1) is 2.25. The van der Waals surface area contributed by atoms with Crippen LogP contribution in [0.25, 0.3) is 0 Å². The molecule has 5 heavy (non-hydrogen) atoms. The Labute approximate surface area is 43.5 Å². The lowest BCUT2D eigenvalue weighted by Gasteiger charge is -1.56. The van der Waals surface area contributed by atoms with E-state index in [-0.39, 0.29) is 0 Å². The van der Waals surface area contributed by atoms with Gasteiger partial charge in [0.05, 0.1) is 8.02 Å². The Bertz CT molecular complexity index is 103. The van der Waals surface area contributed by atoms with Crippen LogP contribution in [0.3, 0.4) is 0 Å². The smallest absolute Gasteiger partial charge is 0.0645 e. The van der Waals surface area contributed by atoms with E-state index in [1.54, 1.807) is 6.92 Å². The van der Waals surface area contributed by atoms with Crippen molar-refractivity contribution in [2.24, 2.45) is 0 Å². The van der Waals surface area contributed by atoms with Gasteiger partial charge in [-0.25, -0.2) is 0 Å². The van der Waals surface area contributed by atoms with Crippen molar-refractivity contribution in [1.29, 1.82) is 0 Å². The normalized spacial score (nSPS) is 14.0. The first-order valence-electron chi connectivity index (χ1n) is 2.19. The van der Waals surface area contributed by atoms with Gasteiger partial charge in [-0.1, -0.05) is 21.9 Å². The van der Waals surface area contributed by atoms with Crippen molar-refractivity contribution in [3.63, 3.8) is 0 Å². The summed E-state index contributed by atoms with van der Waals surface area (Å²) in [5.74, 6) is 4.72. The van der Waals surface area contributed by atoms with E-state index in [1.807, 2.05) is 0 Å². The van der Waals surface area contributed by atoms with Crippen molar-refractivity contribution in [1.82, 2.24) is 0 Å². The largest absolute Gasteiger partial charge is 0.106 e. The maximum Gasteiger partial charge on any atom is 0.0645 e. The van der Waals surface area contributed by atoms with Gasteiger partial charge >= 0.3 is 0 Å². The lowest BCUT2D eigenvalue weighted by Crippen LogP contribution is -1.51. The van der Waals surface area contributed by atoms with Crippen molar-refractivity contribution >= 4 is 15.9 Å². The topological polar surface area (TPSA) is 0 Å². The fraction of sp³-hybridized carbons (Fsp3) is 0.500. The van der Waals surface area contributed by atoms with Gasteiger partial charge in [0.15, 0.2) is 0 Å². The fourth-order valence-electron chi connectivity index (χ4n) is 0.0472. The maximum atomic E-state index is 6.74. The zero-order valence-electron chi connectivity index (χ0n) is 4.88. The van der Waals surface area contributed by atoms with Crippen molar-refractivity contribution in [2.45, 2.75) is 6.92 Å². The molecule has 0 nitrogen and oxygen atoms in total. The van der Waals surface area contributed by atoms with E-state index in [4.69, 9.17) is 2.74 Å². The van der Waals surface area contributed by atoms with Gasteiger partial charge < -0.3 is 0 Å². The number of halogens is 1. The average Bonchev–Trinajstić information content (AvgIpc) is 1.30. The zero-order chi connectivity index (χ0) is 5.91. The molecule has 0 atom stereocenters. The summed E-state index contributed by atoms with van der Waals surface area (Å²) in [7, 11) is 0. The van der Waals surface area contributed by atoms with E-state index in [1.165, 1.54) is 0 Å². The monoisotopic (exact) mass is 134 g/mol. The van der Waals surface area contributed by atoms with Gasteiger partial charge in [-0.2, -0.15) is 0 Å². The van der Waals surface area contributed by atoms with Gasteiger partial charge in [-0.3, -0.25) is 0 Å². The van der Waals surface area contributed by atoms with Gasteiger partial charge in [0, 0.05) is 0 Å². The minimum Gasteiger partial charge on any atom is -0.106 e. The van der Waals surface area contributed by atoms with Crippen LogP contribution in [-0.2, 0) is 0 Å². The van der Waals surface area contributed by atoms with E-state index in [0.717, 1.165) is 0 Å².